The van der Waals surface area contributed by atoms with Crippen LogP contribution in [0.1, 0.15) is 24.6 Å². The lowest BCUT2D eigenvalue weighted by atomic mass is 10.1. The molecule has 128 valence electrons. The number of methoxy groups -OCH3 is 1. The molecule has 1 heterocycles. The van der Waals surface area contributed by atoms with E-state index >= 15 is 0 Å². The molecular formula is C17H20N2O5. The van der Waals surface area contributed by atoms with E-state index in [9.17, 15) is 9.59 Å². The van der Waals surface area contributed by atoms with Crippen LogP contribution in [-0.2, 0) is 20.7 Å². The van der Waals surface area contributed by atoms with Crippen LogP contribution in [0.4, 0.5) is 5.88 Å². The molecule has 0 radical (unpaired) electrons. The van der Waals surface area contributed by atoms with E-state index in [1.54, 1.807) is 20.1 Å². The molecular weight excluding hydrogens is 312 g/mol. The average molecular weight is 332 g/mol. The SMILES string of the molecule is COc1ccc(CCC(=O)O[C@H](C)C(=O)Nc2cc(C)no2)cc1. The van der Waals surface area contributed by atoms with Gasteiger partial charge in [0.1, 0.15) is 5.75 Å². The number of amides is 1. The van der Waals surface area contributed by atoms with Gasteiger partial charge in [-0.2, -0.15) is 0 Å². The number of esters is 1. The van der Waals surface area contributed by atoms with Crippen molar-refractivity contribution < 1.29 is 23.6 Å². The Balaban J connectivity index is 1.77. The summed E-state index contributed by atoms with van der Waals surface area (Å²) in [5.41, 5.74) is 1.64. The summed E-state index contributed by atoms with van der Waals surface area (Å²) in [7, 11) is 1.60. The van der Waals surface area contributed by atoms with Crippen LogP contribution < -0.4 is 10.1 Å². The number of rotatable bonds is 7. The van der Waals surface area contributed by atoms with Crippen LogP contribution >= 0.6 is 0 Å². The van der Waals surface area contributed by atoms with Crippen molar-refractivity contribution in [3.63, 3.8) is 0 Å². The van der Waals surface area contributed by atoms with Crippen molar-refractivity contribution >= 4 is 17.8 Å². The minimum Gasteiger partial charge on any atom is -0.497 e. The molecule has 0 aliphatic carbocycles. The Morgan fingerprint density at radius 1 is 1.29 bits per heavy atom. The average Bonchev–Trinajstić information content (AvgIpc) is 2.98. The van der Waals surface area contributed by atoms with Gasteiger partial charge in [-0.15, -0.1) is 0 Å². The highest BCUT2D eigenvalue weighted by Crippen LogP contribution is 2.13. The Morgan fingerprint density at radius 2 is 2.00 bits per heavy atom. The topological polar surface area (TPSA) is 90.7 Å². The van der Waals surface area contributed by atoms with E-state index in [0.29, 0.717) is 12.1 Å². The van der Waals surface area contributed by atoms with Crippen LogP contribution in [-0.4, -0.2) is 30.2 Å². The highest BCUT2D eigenvalue weighted by Gasteiger charge is 2.19. The molecule has 0 unspecified atom stereocenters. The smallest absolute Gasteiger partial charge is 0.306 e. The molecule has 24 heavy (non-hydrogen) atoms. The lowest BCUT2D eigenvalue weighted by molar-refractivity contribution is -0.153. The fourth-order valence-electron chi connectivity index (χ4n) is 1.99. The summed E-state index contributed by atoms with van der Waals surface area (Å²) in [6.45, 7) is 3.24. The quantitative estimate of drug-likeness (QED) is 0.783. The van der Waals surface area contributed by atoms with Gasteiger partial charge >= 0.3 is 5.97 Å². The van der Waals surface area contributed by atoms with Crippen LogP contribution in [0.25, 0.3) is 0 Å². The van der Waals surface area contributed by atoms with Gasteiger partial charge in [0.15, 0.2) is 6.10 Å². The summed E-state index contributed by atoms with van der Waals surface area (Å²) >= 11 is 0. The third-order valence-corrected chi connectivity index (χ3v) is 3.33. The van der Waals surface area contributed by atoms with Gasteiger partial charge in [-0.3, -0.25) is 14.9 Å². The third-order valence-electron chi connectivity index (χ3n) is 3.33. The lowest BCUT2D eigenvalue weighted by Crippen LogP contribution is -2.29. The molecule has 2 aromatic rings. The first kappa shape index (κ1) is 17.5. The van der Waals surface area contributed by atoms with Crippen LogP contribution in [0.5, 0.6) is 5.75 Å². The number of aryl methyl sites for hydroxylation is 2. The summed E-state index contributed by atoms with van der Waals surface area (Å²) < 4.78 is 15.1. The van der Waals surface area contributed by atoms with Gasteiger partial charge in [0.25, 0.3) is 5.91 Å². The molecule has 7 heteroatoms. The van der Waals surface area contributed by atoms with Crippen LogP contribution in [0, 0.1) is 6.92 Å². The number of benzene rings is 1. The maximum absolute atomic E-state index is 11.9. The number of hydrogen-bond acceptors (Lipinski definition) is 6. The standard InChI is InChI=1S/C17H20N2O5/c1-11-10-15(24-19-11)18-17(21)12(2)23-16(20)9-6-13-4-7-14(22-3)8-5-13/h4-5,7-8,10,12H,6,9H2,1-3H3,(H,18,21)/t12-/m1/s1. The van der Waals surface area contributed by atoms with Crippen LogP contribution in [0.3, 0.4) is 0 Å². The summed E-state index contributed by atoms with van der Waals surface area (Å²) in [5.74, 6) is 0.0686. The zero-order valence-electron chi connectivity index (χ0n) is 13.9. The number of anilines is 1. The number of aromatic nitrogens is 1. The number of hydrogen-bond donors (Lipinski definition) is 1. The number of ether oxygens (including phenoxy) is 2. The first-order valence-corrected chi connectivity index (χ1v) is 7.54. The molecule has 1 aromatic heterocycles. The van der Waals surface area contributed by atoms with E-state index in [-0.39, 0.29) is 12.3 Å². The monoisotopic (exact) mass is 332 g/mol. The zero-order chi connectivity index (χ0) is 17.5. The molecule has 0 aliphatic heterocycles. The minimum atomic E-state index is -0.918. The molecule has 0 saturated carbocycles. The molecule has 0 fully saturated rings. The highest BCUT2D eigenvalue weighted by atomic mass is 16.5. The lowest BCUT2D eigenvalue weighted by Gasteiger charge is -2.12. The predicted molar refractivity (Wildman–Crippen MR) is 86.7 cm³/mol. The third kappa shape index (κ3) is 5.12. The molecule has 1 aromatic carbocycles. The van der Waals surface area contributed by atoms with Crippen molar-refractivity contribution in [3.05, 3.63) is 41.6 Å². The second-order valence-corrected chi connectivity index (χ2v) is 5.30. The van der Waals surface area contributed by atoms with Crippen molar-refractivity contribution in [1.82, 2.24) is 5.16 Å². The highest BCUT2D eigenvalue weighted by molar-refractivity contribution is 5.94. The number of nitrogens with one attached hydrogen (secondary N) is 1. The number of carbonyl (C=O) groups excluding carboxylic acids is 2. The van der Waals surface area contributed by atoms with E-state index in [0.717, 1.165) is 11.3 Å². The Bertz CT molecular complexity index is 693. The summed E-state index contributed by atoms with van der Waals surface area (Å²) in [4.78, 5) is 23.8. The van der Waals surface area contributed by atoms with E-state index < -0.39 is 18.0 Å². The molecule has 0 aliphatic rings. The van der Waals surface area contributed by atoms with Crippen LogP contribution in [0.15, 0.2) is 34.9 Å². The van der Waals surface area contributed by atoms with Crippen molar-refractivity contribution in [2.24, 2.45) is 0 Å². The first-order valence-electron chi connectivity index (χ1n) is 7.54. The van der Waals surface area contributed by atoms with Gasteiger partial charge in [0.05, 0.1) is 12.8 Å². The summed E-state index contributed by atoms with van der Waals surface area (Å²) in [5, 5.41) is 6.15. The Labute approximate surface area is 139 Å². The first-order chi connectivity index (χ1) is 11.5. The van der Waals surface area contributed by atoms with Crippen molar-refractivity contribution in [1.29, 1.82) is 0 Å². The predicted octanol–water partition coefficient (Wildman–Crippen LogP) is 2.49. The van der Waals surface area contributed by atoms with E-state index in [2.05, 4.69) is 10.5 Å². The normalized spacial score (nSPS) is 11.6. The second kappa shape index (κ2) is 8.14. The van der Waals surface area contributed by atoms with Gasteiger partial charge in [0, 0.05) is 12.5 Å². The maximum atomic E-state index is 11.9. The van der Waals surface area contributed by atoms with E-state index in [1.807, 2.05) is 24.3 Å². The molecule has 0 bridgehead atoms. The Hall–Kier alpha value is -2.83. The summed E-state index contributed by atoms with van der Waals surface area (Å²) in [6.07, 6.45) is -0.206. The number of nitrogens with zero attached hydrogens (tertiary/aromatic N) is 1. The van der Waals surface area contributed by atoms with Crippen molar-refractivity contribution in [2.75, 3.05) is 12.4 Å². The zero-order valence-corrected chi connectivity index (χ0v) is 13.9. The Kier molecular flexibility index (Phi) is 5.95. The molecule has 0 saturated heterocycles. The van der Waals surface area contributed by atoms with Gasteiger partial charge in [-0.1, -0.05) is 17.3 Å². The fourth-order valence-corrected chi connectivity index (χ4v) is 1.99. The Morgan fingerprint density at radius 3 is 2.58 bits per heavy atom. The largest absolute Gasteiger partial charge is 0.497 e. The van der Waals surface area contributed by atoms with Crippen molar-refractivity contribution in [2.45, 2.75) is 32.8 Å². The van der Waals surface area contributed by atoms with Crippen molar-refractivity contribution in [3.8, 4) is 5.75 Å². The minimum absolute atomic E-state index is 0.186. The molecule has 7 nitrogen and oxygen atoms in total. The fraction of sp³-hybridized carbons (Fsp3) is 0.353. The van der Waals surface area contributed by atoms with E-state index in [1.165, 1.54) is 6.92 Å². The molecule has 2 rings (SSSR count). The molecule has 1 amide bonds. The maximum Gasteiger partial charge on any atom is 0.306 e. The number of carbonyl (C=O) groups is 2. The van der Waals surface area contributed by atoms with Crippen LogP contribution in [0.2, 0.25) is 0 Å². The van der Waals surface area contributed by atoms with Gasteiger partial charge < -0.3 is 14.0 Å². The van der Waals surface area contributed by atoms with Gasteiger partial charge in [0.2, 0.25) is 5.88 Å². The second-order valence-electron chi connectivity index (χ2n) is 5.30. The van der Waals surface area contributed by atoms with Gasteiger partial charge in [-0.25, -0.2) is 0 Å². The molecule has 1 N–H and O–H groups in total. The van der Waals surface area contributed by atoms with Gasteiger partial charge in [-0.05, 0) is 38.0 Å². The summed E-state index contributed by atoms with van der Waals surface area (Å²) in [6, 6.07) is 9.01. The van der Waals surface area contributed by atoms with E-state index in [4.69, 9.17) is 14.0 Å². The molecule has 0 spiro atoms. The molecule has 1 atom stereocenters.